The zero-order chi connectivity index (χ0) is 12.7. The maximum Gasteiger partial charge on any atom is 0.178 e. The molecule has 1 spiro atoms. The van der Waals surface area contributed by atoms with Gasteiger partial charge in [0.15, 0.2) is 5.78 Å². The average Bonchev–Trinajstić information content (AvgIpc) is 2.27. The minimum Gasteiger partial charge on any atom is -0.378 e. The van der Waals surface area contributed by atoms with E-state index in [1.54, 1.807) is 0 Å². The minimum absolute atomic E-state index is 0.0246. The molecule has 0 saturated carbocycles. The highest BCUT2D eigenvalue weighted by Gasteiger charge is 2.48. The molecule has 17 heavy (non-hydrogen) atoms. The van der Waals surface area contributed by atoms with Crippen molar-refractivity contribution in [3.8, 4) is 6.07 Å². The summed E-state index contributed by atoms with van der Waals surface area (Å²) >= 11 is 0. The van der Waals surface area contributed by atoms with Crippen LogP contribution in [0.4, 0.5) is 0 Å². The zero-order valence-electron chi connectivity index (χ0n) is 10.7. The second-order valence-corrected chi connectivity index (χ2v) is 5.91. The number of allylic oxidation sites excluding steroid dienone is 1. The van der Waals surface area contributed by atoms with Gasteiger partial charge in [0.25, 0.3) is 0 Å². The molecule has 0 aromatic heterocycles. The Labute approximate surface area is 102 Å². The molecule has 0 amide bonds. The summed E-state index contributed by atoms with van der Waals surface area (Å²) in [4.78, 5) is 12.1. The Hall–Kier alpha value is -1.14. The highest BCUT2D eigenvalue weighted by atomic mass is 16.5. The first-order chi connectivity index (χ1) is 7.91. The van der Waals surface area contributed by atoms with E-state index in [4.69, 9.17) is 10.00 Å². The van der Waals surface area contributed by atoms with Crippen LogP contribution in [0.25, 0.3) is 0 Å². The minimum atomic E-state index is -0.450. The van der Waals surface area contributed by atoms with Gasteiger partial charge in [-0.05, 0) is 26.2 Å². The van der Waals surface area contributed by atoms with Gasteiger partial charge in [-0.1, -0.05) is 19.9 Å². The van der Waals surface area contributed by atoms with E-state index in [0.29, 0.717) is 5.57 Å². The first-order valence-corrected chi connectivity index (χ1v) is 6.21. The standard InChI is InChI=1S/C14H19NO2/c1-10-14(5-4-6-17-10)7-11(8-15)12(16)13(2,3)9-14/h7,10H,4-6,9H2,1-3H3. The predicted molar refractivity (Wildman–Crippen MR) is 64.2 cm³/mol. The SMILES string of the molecule is CC1OCCCC12C=C(C#N)C(=O)C(C)(C)C2. The molecule has 0 radical (unpaired) electrons. The average molecular weight is 233 g/mol. The monoisotopic (exact) mass is 233 g/mol. The Morgan fingerprint density at radius 3 is 2.82 bits per heavy atom. The van der Waals surface area contributed by atoms with Crippen molar-refractivity contribution >= 4 is 5.78 Å². The zero-order valence-corrected chi connectivity index (χ0v) is 10.7. The van der Waals surface area contributed by atoms with Gasteiger partial charge in [0.1, 0.15) is 6.07 Å². The van der Waals surface area contributed by atoms with Crippen molar-refractivity contribution in [3.05, 3.63) is 11.6 Å². The highest BCUT2D eigenvalue weighted by molar-refractivity contribution is 6.03. The van der Waals surface area contributed by atoms with Gasteiger partial charge < -0.3 is 4.74 Å². The van der Waals surface area contributed by atoms with E-state index < -0.39 is 5.41 Å². The summed E-state index contributed by atoms with van der Waals surface area (Å²) in [6.45, 7) is 6.70. The molecule has 2 atom stereocenters. The predicted octanol–water partition coefficient (Wildman–Crippen LogP) is 2.62. The molecule has 1 heterocycles. The summed E-state index contributed by atoms with van der Waals surface area (Å²) in [7, 11) is 0. The number of hydrogen-bond donors (Lipinski definition) is 0. The second kappa shape index (κ2) is 3.96. The highest BCUT2D eigenvalue weighted by Crippen LogP contribution is 2.49. The number of rotatable bonds is 0. The lowest BCUT2D eigenvalue weighted by Gasteiger charge is -2.47. The summed E-state index contributed by atoms with van der Waals surface area (Å²) in [6.07, 6.45) is 4.77. The molecule has 3 heteroatoms. The van der Waals surface area contributed by atoms with Crippen LogP contribution in [0, 0.1) is 22.2 Å². The number of carbonyl (C=O) groups excluding carboxylic acids is 1. The van der Waals surface area contributed by atoms with Gasteiger partial charge in [-0.3, -0.25) is 4.79 Å². The van der Waals surface area contributed by atoms with Crippen LogP contribution in [-0.2, 0) is 9.53 Å². The Kier molecular flexibility index (Phi) is 2.87. The van der Waals surface area contributed by atoms with Crippen LogP contribution < -0.4 is 0 Å². The largest absolute Gasteiger partial charge is 0.378 e. The van der Waals surface area contributed by atoms with Gasteiger partial charge in [0.05, 0.1) is 11.7 Å². The number of Topliss-reactive ketones (excluding diaryl/α,β-unsaturated/α-hetero) is 1. The van der Waals surface area contributed by atoms with Gasteiger partial charge in [0, 0.05) is 17.4 Å². The molecule has 1 aliphatic heterocycles. The van der Waals surface area contributed by atoms with Crippen molar-refractivity contribution in [2.24, 2.45) is 10.8 Å². The lowest BCUT2D eigenvalue weighted by Crippen LogP contribution is -2.46. The van der Waals surface area contributed by atoms with Crippen LogP contribution in [0.15, 0.2) is 11.6 Å². The fourth-order valence-corrected chi connectivity index (χ4v) is 3.21. The van der Waals surface area contributed by atoms with E-state index in [1.807, 2.05) is 19.9 Å². The summed E-state index contributed by atoms with van der Waals surface area (Å²) in [5.41, 5.74) is -0.256. The molecular formula is C14H19NO2. The van der Waals surface area contributed by atoms with E-state index in [1.165, 1.54) is 0 Å². The Morgan fingerprint density at radius 2 is 2.24 bits per heavy atom. The van der Waals surface area contributed by atoms with Crippen molar-refractivity contribution in [2.75, 3.05) is 6.61 Å². The lowest BCUT2D eigenvalue weighted by molar-refractivity contribution is -0.130. The first kappa shape index (κ1) is 12.3. The summed E-state index contributed by atoms with van der Waals surface area (Å²) in [6, 6.07) is 2.06. The number of hydrogen-bond acceptors (Lipinski definition) is 3. The van der Waals surface area contributed by atoms with Gasteiger partial charge >= 0.3 is 0 Å². The van der Waals surface area contributed by atoms with Gasteiger partial charge in [-0.25, -0.2) is 0 Å². The maximum atomic E-state index is 12.1. The van der Waals surface area contributed by atoms with Crippen LogP contribution in [-0.4, -0.2) is 18.5 Å². The van der Waals surface area contributed by atoms with Crippen LogP contribution >= 0.6 is 0 Å². The van der Waals surface area contributed by atoms with E-state index in [9.17, 15) is 4.79 Å². The number of ketones is 1. The molecule has 1 saturated heterocycles. The van der Waals surface area contributed by atoms with Gasteiger partial charge in [0.2, 0.25) is 0 Å². The topological polar surface area (TPSA) is 50.1 Å². The third kappa shape index (κ3) is 1.91. The van der Waals surface area contributed by atoms with Gasteiger partial charge in [-0.15, -0.1) is 0 Å². The molecule has 0 bridgehead atoms. The molecular weight excluding hydrogens is 214 g/mol. The Balaban J connectivity index is 2.46. The quantitative estimate of drug-likeness (QED) is 0.646. The van der Waals surface area contributed by atoms with Crippen LogP contribution in [0.2, 0.25) is 0 Å². The van der Waals surface area contributed by atoms with Crippen LogP contribution in [0.1, 0.15) is 40.0 Å². The smallest absolute Gasteiger partial charge is 0.178 e. The maximum absolute atomic E-state index is 12.1. The Morgan fingerprint density at radius 1 is 1.53 bits per heavy atom. The molecule has 2 aliphatic rings. The van der Waals surface area contributed by atoms with Crippen LogP contribution in [0.5, 0.6) is 0 Å². The molecule has 92 valence electrons. The van der Waals surface area contributed by atoms with Crippen molar-refractivity contribution < 1.29 is 9.53 Å². The fourth-order valence-electron chi connectivity index (χ4n) is 3.21. The van der Waals surface area contributed by atoms with Gasteiger partial charge in [-0.2, -0.15) is 5.26 Å². The molecule has 1 fully saturated rings. The van der Waals surface area contributed by atoms with Crippen molar-refractivity contribution in [2.45, 2.75) is 46.1 Å². The third-order valence-electron chi connectivity index (χ3n) is 4.15. The molecule has 3 nitrogen and oxygen atoms in total. The number of nitrogens with zero attached hydrogens (tertiary/aromatic N) is 1. The van der Waals surface area contributed by atoms with Crippen molar-refractivity contribution in [1.29, 1.82) is 5.26 Å². The van der Waals surface area contributed by atoms with E-state index >= 15 is 0 Å². The molecule has 2 rings (SSSR count). The fraction of sp³-hybridized carbons (Fsp3) is 0.714. The Bertz CT molecular complexity index is 416. The van der Waals surface area contributed by atoms with Crippen LogP contribution in [0.3, 0.4) is 0 Å². The van der Waals surface area contributed by atoms with Crippen molar-refractivity contribution in [3.63, 3.8) is 0 Å². The normalized spacial score (nSPS) is 36.5. The molecule has 0 aromatic carbocycles. The van der Waals surface area contributed by atoms with E-state index in [2.05, 4.69) is 13.0 Å². The molecule has 1 aliphatic carbocycles. The lowest BCUT2D eigenvalue weighted by atomic mass is 9.60. The number of nitriles is 1. The summed E-state index contributed by atoms with van der Waals surface area (Å²) in [5.74, 6) is -0.0246. The first-order valence-electron chi connectivity index (χ1n) is 6.21. The molecule has 2 unspecified atom stereocenters. The number of carbonyl (C=O) groups is 1. The number of ether oxygens (including phenoxy) is 1. The summed E-state index contributed by atoms with van der Waals surface area (Å²) < 4.78 is 5.73. The van der Waals surface area contributed by atoms with Crippen molar-refractivity contribution in [1.82, 2.24) is 0 Å². The second-order valence-electron chi connectivity index (χ2n) is 5.91. The van der Waals surface area contributed by atoms with E-state index in [0.717, 1.165) is 25.9 Å². The van der Waals surface area contributed by atoms with E-state index in [-0.39, 0.29) is 17.3 Å². The summed E-state index contributed by atoms with van der Waals surface area (Å²) in [5, 5.41) is 9.11. The third-order valence-corrected chi connectivity index (χ3v) is 4.15. The molecule has 0 N–H and O–H groups in total. The molecule has 0 aromatic rings.